The first-order valence-electron chi connectivity index (χ1n) is 11.4. The van der Waals surface area contributed by atoms with E-state index in [0.29, 0.717) is 28.4 Å². The summed E-state index contributed by atoms with van der Waals surface area (Å²) in [4.78, 5) is 23.2. The van der Waals surface area contributed by atoms with Crippen molar-refractivity contribution in [3.63, 3.8) is 0 Å². The SMILES string of the molecule is COc1cc(C=Cc2ccc(NC(=O)/C=C/c3cc(OC)c(OC)c([N+](=O)[O-])c3)c(O)c2)cc(OC)c1OC. The molecule has 0 aliphatic heterocycles. The van der Waals surface area contributed by atoms with Crippen LogP contribution in [0.25, 0.3) is 18.2 Å². The highest BCUT2D eigenvalue weighted by molar-refractivity contribution is 6.03. The van der Waals surface area contributed by atoms with Crippen LogP contribution in [0.1, 0.15) is 16.7 Å². The molecule has 3 aromatic carbocycles. The Balaban J connectivity index is 1.75. The molecule has 0 aromatic heterocycles. The number of carbonyl (C=O) groups excluding carboxylic acids is 1. The van der Waals surface area contributed by atoms with Crippen molar-refractivity contribution in [2.75, 3.05) is 40.9 Å². The van der Waals surface area contributed by atoms with E-state index >= 15 is 0 Å². The van der Waals surface area contributed by atoms with Crippen LogP contribution in [0.5, 0.6) is 34.5 Å². The third kappa shape index (κ3) is 6.77. The van der Waals surface area contributed by atoms with Gasteiger partial charge in [-0.2, -0.15) is 0 Å². The van der Waals surface area contributed by atoms with Gasteiger partial charge < -0.3 is 34.1 Å². The molecule has 11 nitrogen and oxygen atoms in total. The van der Waals surface area contributed by atoms with Gasteiger partial charge in [0.2, 0.25) is 17.4 Å². The molecule has 3 rings (SSSR count). The van der Waals surface area contributed by atoms with Gasteiger partial charge in [0.1, 0.15) is 5.75 Å². The smallest absolute Gasteiger partial charge is 0.315 e. The largest absolute Gasteiger partial charge is 0.506 e. The minimum atomic E-state index is -0.603. The average Bonchev–Trinajstić information content (AvgIpc) is 2.94. The number of hydrogen-bond acceptors (Lipinski definition) is 9. The summed E-state index contributed by atoms with van der Waals surface area (Å²) in [6.45, 7) is 0. The number of ether oxygens (including phenoxy) is 5. The fourth-order valence-corrected chi connectivity index (χ4v) is 3.69. The number of nitrogens with zero attached hydrogens (tertiary/aromatic N) is 1. The second-order valence-corrected chi connectivity index (χ2v) is 7.92. The van der Waals surface area contributed by atoms with Crippen LogP contribution in [0.3, 0.4) is 0 Å². The van der Waals surface area contributed by atoms with Crippen molar-refractivity contribution in [3.8, 4) is 34.5 Å². The summed E-state index contributed by atoms with van der Waals surface area (Å²) >= 11 is 0. The van der Waals surface area contributed by atoms with Gasteiger partial charge in [-0.1, -0.05) is 18.2 Å². The number of rotatable bonds is 11. The molecule has 0 unspecified atom stereocenters. The highest BCUT2D eigenvalue weighted by Gasteiger charge is 2.21. The zero-order chi connectivity index (χ0) is 28.5. The summed E-state index contributed by atoms with van der Waals surface area (Å²) in [6.07, 6.45) is 6.15. The van der Waals surface area contributed by atoms with Crippen LogP contribution in [-0.4, -0.2) is 51.5 Å². The molecule has 2 N–H and O–H groups in total. The molecule has 1 amide bonds. The van der Waals surface area contributed by atoms with Crippen LogP contribution in [0, 0.1) is 10.1 Å². The number of nitro benzene ring substituents is 1. The maximum atomic E-state index is 12.5. The predicted octanol–water partition coefficient (Wildman–Crippen LogP) is 5.17. The summed E-state index contributed by atoms with van der Waals surface area (Å²) in [5.74, 6) is 0.927. The van der Waals surface area contributed by atoms with Crippen LogP contribution in [0.4, 0.5) is 11.4 Å². The van der Waals surface area contributed by atoms with Crippen LogP contribution < -0.4 is 29.0 Å². The Morgan fingerprint density at radius 2 is 1.31 bits per heavy atom. The number of nitro groups is 1. The second-order valence-electron chi connectivity index (χ2n) is 7.92. The van der Waals surface area contributed by atoms with Gasteiger partial charge in [0, 0.05) is 12.1 Å². The van der Waals surface area contributed by atoms with Crippen molar-refractivity contribution >= 4 is 35.5 Å². The first-order chi connectivity index (χ1) is 18.7. The lowest BCUT2D eigenvalue weighted by molar-refractivity contribution is -0.385. The number of phenols is 1. The Bertz CT molecular complexity index is 1410. The summed E-state index contributed by atoms with van der Waals surface area (Å²) in [5, 5.41) is 24.4. The molecule has 0 aliphatic carbocycles. The molecule has 0 aliphatic rings. The molecule has 0 radical (unpaired) electrons. The van der Waals surface area contributed by atoms with Crippen LogP contribution in [-0.2, 0) is 4.79 Å². The molecule has 0 fully saturated rings. The number of nitrogens with one attached hydrogen (secondary N) is 1. The van der Waals surface area contributed by atoms with Crippen LogP contribution >= 0.6 is 0 Å². The Morgan fingerprint density at radius 1 is 0.769 bits per heavy atom. The summed E-state index contributed by atoms with van der Waals surface area (Å²) in [7, 11) is 7.24. The normalized spacial score (nSPS) is 10.9. The van der Waals surface area contributed by atoms with Gasteiger partial charge in [0.05, 0.1) is 46.2 Å². The van der Waals surface area contributed by atoms with Gasteiger partial charge in [0.15, 0.2) is 17.2 Å². The molecule has 3 aromatic rings. The molecule has 0 spiro atoms. The highest BCUT2D eigenvalue weighted by Crippen LogP contribution is 2.39. The number of aromatic hydroxyl groups is 1. The zero-order valence-corrected chi connectivity index (χ0v) is 22.0. The number of methoxy groups -OCH3 is 5. The molecule has 0 atom stereocenters. The third-order valence-electron chi connectivity index (χ3n) is 5.54. The quantitative estimate of drug-likeness (QED) is 0.112. The van der Waals surface area contributed by atoms with Gasteiger partial charge >= 0.3 is 5.69 Å². The van der Waals surface area contributed by atoms with Crippen LogP contribution in [0.2, 0.25) is 0 Å². The van der Waals surface area contributed by atoms with Crippen molar-refractivity contribution in [1.29, 1.82) is 0 Å². The van der Waals surface area contributed by atoms with Crippen molar-refractivity contribution in [3.05, 3.63) is 75.3 Å². The third-order valence-corrected chi connectivity index (χ3v) is 5.54. The van der Waals surface area contributed by atoms with E-state index in [4.69, 9.17) is 23.7 Å². The number of anilines is 1. The number of carbonyl (C=O) groups is 1. The molecule has 204 valence electrons. The zero-order valence-electron chi connectivity index (χ0n) is 22.0. The van der Waals surface area contributed by atoms with Crippen molar-refractivity contribution in [1.82, 2.24) is 0 Å². The lowest BCUT2D eigenvalue weighted by Gasteiger charge is -2.12. The summed E-state index contributed by atoms with van der Waals surface area (Å²) in [6, 6.07) is 11.1. The topological polar surface area (TPSA) is 139 Å². The van der Waals surface area contributed by atoms with E-state index in [2.05, 4.69) is 5.32 Å². The van der Waals surface area contributed by atoms with Crippen molar-refractivity contribution < 1.29 is 38.5 Å². The van der Waals surface area contributed by atoms with E-state index in [0.717, 1.165) is 5.56 Å². The lowest BCUT2D eigenvalue weighted by Crippen LogP contribution is -2.08. The Hall–Kier alpha value is -5.19. The molecule has 0 saturated heterocycles. The summed E-state index contributed by atoms with van der Waals surface area (Å²) < 4.78 is 26.3. The molecular formula is C28H28N2O9. The molecule has 0 heterocycles. The Kier molecular flexibility index (Phi) is 9.36. The Labute approximate surface area is 225 Å². The van der Waals surface area contributed by atoms with Gasteiger partial charge in [-0.15, -0.1) is 0 Å². The van der Waals surface area contributed by atoms with E-state index < -0.39 is 10.8 Å². The maximum absolute atomic E-state index is 12.5. The maximum Gasteiger partial charge on any atom is 0.315 e. The number of benzene rings is 3. The molecule has 0 saturated carbocycles. The van der Waals surface area contributed by atoms with Crippen molar-refractivity contribution in [2.45, 2.75) is 0 Å². The second kappa shape index (κ2) is 12.9. The predicted molar refractivity (Wildman–Crippen MR) is 147 cm³/mol. The van der Waals surface area contributed by atoms with Gasteiger partial charge in [-0.25, -0.2) is 0 Å². The first-order valence-corrected chi connectivity index (χ1v) is 11.4. The fraction of sp³-hybridized carbons (Fsp3) is 0.179. The van der Waals surface area contributed by atoms with E-state index in [1.807, 2.05) is 6.08 Å². The summed E-state index contributed by atoms with van der Waals surface area (Å²) in [5.41, 5.74) is 1.69. The first kappa shape index (κ1) is 28.4. The molecule has 39 heavy (non-hydrogen) atoms. The van der Waals surface area contributed by atoms with Gasteiger partial charge in [-0.3, -0.25) is 14.9 Å². The van der Waals surface area contributed by atoms with Crippen molar-refractivity contribution in [2.24, 2.45) is 0 Å². The Morgan fingerprint density at radius 3 is 1.82 bits per heavy atom. The van der Waals surface area contributed by atoms with E-state index in [1.54, 1.807) is 30.3 Å². The minimum Gasteiger partial charge on any atom is -0.506 e. The average molecular weight is 537 g/mol. The lowest BCUT2D eigenvalue weighted by atomic mass is 10.1. The molecule has 0 bridgehead atoms. The minimum absolute atomic E-state index is 0.0200. The number of hydrogen-bond donors (Lipinski definition) is 2. The standard InChI is InChI=1S/C28H28N2O9/c1-35-23-14-18(12-21(30(33)34)27(23)38-4)9-11-26(32)29-20-10-8-17(13-22(20)31)6-7-19-15-24(36-2)28(39-5)25(16-19)37-3/h6-16,31H,1-5H3,(H,29,32)/b7-6?,11-9+. The van der Waals surface area contributed by atoms with Gasteiger partial charge in [0.25, 0.3) is 0 Å². The molecular weight excluding hydrogens is 508 g/mol. The van der Waals surface area contributed by atoms with E-state index in [1.165, 1.54) is 65.9 Å². The van der Waals surface area contributed by atoms with Crippen LogP contribution in [0.15, 0.2) is 48.5 Å². The monoisotopic (exact) mass is 536 g/mol. The van der Waals surface area contributed by atoms with Gasteiger partial charge in [-0.05, 0) is 53.1 Å². The fourth-order valence-electron chi connectivity index (χ4n) is 3.69. The highest BCUT2D eigenvalue weighted by atomic mass is 16.6. The number of phenolic OH excluding ortho intramolecular Hbond substituents is 1. The molecule has 11 heteroatoms. The number of amides is 1. The van der Waals surface area contributed by atoms with E-state index in [-0.39, 0.29) is 28.6 Å². The van der Waals surface area contributed by atoms with E-state index in [9.17, 15) is 20.0 Å².